The fraction of sp³-hybridized carbons (Fsp3) is 0.0714. The molecule has 0 bridgehead atoms. The Hall–Kier alpha value is -2.20. The largest absolute Gasteiger partial charge is 0.504 e. The second-order valence-corrected chi connectivity index (χ2v) is 7.03. The number of hydrogen-bond donors (Lipinski definition) is 3. The molecule has 3 N–H and O–H groups in total. The van der Waals surface area contributed by atoms with Crippen LogP contribution in [0.25, 0.3) is 0 Å². The van der Waals surface area contributed by atoms with E-state index in [9.17, 15) is 18.3 Å². The first-order chi connectivity index (χ1) is 11.6. The molecule has 0 spiro atoms. The van der Waals surface area contributed by atoms with Gasteiger partial charge < -0.3 is 10.4 Å². The van der Waals surface area contributed by atoms with Crippen molar-refractivity contribution in [3.63, 3.8) is 0 Å². The van der Waals surface area contributed by atoms with Crippen molar-refractivity contribution >= 4 is 56.3 Å². The van der Waals surface area contributed by atoms with Gasteiger partial charge in [-0.15, -0.1) is 5.11 Å². The molecule has 132 valence electrons. The average molecular weight is 404 g/mol. The molecule has 2 rings (SSSR count). The Kier molecular flexibility index (Phi) is 5.63. The van der Waals surface area contributed by atoms with Crippen LogP contribution in [0.2, 0.25) is 10.0 Å². The number of rotatable bonds is 4. The standard InChI is InChI=1S/C14H11Cl2N3O5S/c1-7(20)17-13-5-8(4-11(16)14(13)21)18-19-12-3-2-9(6-10(12)15)25(22,23)24/h2-6,21H,1H3,(H,17,20)(H,22,23,24). The van der Waals surface area contributed by atoms with E-state index in [1.165, 1.54) is 25.1 Å². The predicted octanol–water partition coefficient (Wildman–Crippen LogP) is 4.32. The van der Waals surface area contributed by atoms with Gasteiger partial charge in [-0.1, -0.05) is 23.2 Å². The Morgan fingerprint density at radius 3 is 2.36 bits per heavy atom. The molecule has 0 heterocycles. The van der Waals surface area contributed by atoms with E-state index in [1.54, 1.807) is 0 Å². The van der Waals surface area contributed by atoms with Gasteiger partial charge in [0.1, 0.15) is 5.69 Å². The van der Waals surface area contributed by atoms with Crippen LogP contribution in [0.5, 0.6) is 5.75 Å². The summed E-state index contributed by atoms with van der Waals surface area (Å²) in [5.74, 6) is -0.726. The Morgan fingerprint density at radius 2 is 1.80 bits per heavy atom. The second-order valence-electron chi connectivity index (χ2n) is 4.79. The van der Waals surface area contributed by atoms with Crippen molar-refractivity contribution in [3.8, 4) is 5.75 Å². The quantitative estimate of drug-likeness (QED) is 0.397. The van der Waals surface area contributed by atoms with Gasteiger partial charge in [-0.3, -0.25) is 9.35 Å². The first-order valence-electron chi connectivity index (χ1n) is 6.57. The smallest absolute Gasteiger partial charge is 0.294 e. The number of anilines is 1. The number of nitrogens with zero attached hydrogens (tertiary/aromatic N) is 2. The molecule has 25 heavy (non-hydrogen) atoms. The lowest BCUT2D eigenvalue weighted by Gasteiger charge is -2.07. The molecule has 0 radical (unpaired) electrons. The van der Waals surface area contributed by atoms with E-state index in [1.807, 2.05) is 0 Å². The van der Waals surface area contributed by atoms with Gasteiger partial charge >= 0.3 is 0 Å². The summed E-state index contributed by atoms with van der Waals surface area (Å²) in [6, 6.07) is 6.05. The summed E-state index contributed by atoms with van der Waals surface area (Å²) in [5, 5.41) is 19.8. The van der Waals surface area contributed by atoms with Crippen molar-refractivity contribution in [1.82, 2.24) is 0 Å². The first kappa shape index (κ1) is 19.1. The summed E-state index contributed by atoms with van der Waals surface area (Å²) in [6.45, 7) is 1.26. The van der Waals surface area contributed by atoms with Crippen LogP contribution in [0.1, 0.15) is 6.92 Å². The van der Waals surface area contributed by atoms with Gasteiger partial charge in [0, 0.05) is 6.92 Å². The molecule has 8 nitrogen and oxygen atoms in total. The third kappa shape index (κ3) is 4.89. The van der Waals surface area contributed by atoms with E-state index in [2.05, 4.69) is 15.5 Å². The summed E-state index contributed by atoms with van der Waals surface area (Å²) in [7, 11) is -4.38. The lowest BCUT2D eigenvalue weighted by atomic mass is 10.2. The number of nitrogens with one attached hydrogen (secondary N) is 1. The number of azo groups is 1. The Bertz CT molecular complexity index is 977. The van der Waals surface area contributed by atoms with Crippen LogP contribution in [-0.2, 0) is 14.9 Å². The molecule has 0 atom stereocenters. The molecule has 0 aliphatic heterocycles. The molecule has 0 aliphatic carbocycles. The van der Waals surface area contributed by atoms with Crippen molar-refractivity contribution < 1.29 is 22.9 Å². The Labute approximate surface area is 152 Å². The molecule has 0 saturated heterocycles. The average Bonchev–Trinajstić information content (AvgIpc) is 2.49. The van der Waals surface area contributed by atoms with Gasteiger partial charge in [-0.2, -0.15) is 13.5 Å². The van der Waals surface area contributed by atoms with Crippen LogP contribution >= 0.6 is 23.2 Å². The van der Waals surface area contributed by atoms with Crippen LogP contribution in [0.4, 0.5) is 17.1 Å². The minimum absolute atomic E-state index is 0.0481. The first-order valence-corrected chi connectivity index (χ1v) is 8.76. The maximum absolute atomic E-state index is 11.1. The number of carbonyl (C=O) groups is 1. The molecular weight excluding hydrogens is 393 g/mol. The summed E-state index contributed by atoms with van der Waals surface area (Å²) in [4.78, 5) is 10.7. The normalized spacial score (nSPS) is 11.7. The van der Waals surface area contributed by atoms with E-state index < -0.39 is 16.0 Å². The molecule has 0 unspecified atom stereocenters. The van der Waals surface area contributed by atoms with E-state index in [4.69, 9.17) is 27.8 Å². The highest BCUT2D eigenvalue weighted by molar-refractivity contribution is 7.85. The van der Waals surface area contributed by atoms with Gasteiger partial charge in [-0.05, 0) is 30.3 Å². The monoisotopic (exact) mass is 403 g/mol. The van der Waals surface area contributed by atoms with Crippen LogP contribution in [-0.4, -0.2) is 24.0 Å². The summed E-state index contributed by atoms with van der Waals surface area (Å²) < 4.78 is 31.0. The highest BCUT2D eigenvalue weighted by Crippen LogP contribution is 2.37. The van der Waals surface area contributed by atoms with Crippen LogP contribution < -0.4 is 5.32 Å². The van der Waals surface area contributed by atoms with Gasteiger partial charge in [0.25, 0.3) is 10.1 Å². The predicted molar refractivity (Wildman–Crippen MR) is 92.9 cm³/mol. The third-order valence-electron chi connectivity index (χ3n) is 2.85. The number of hydrogen-bond acceptors (Lipinski definition) is 6. The molecule has 2 aromatic rings. The number of phenols is 1. The minimum Gasteiger partial charge on any atom is -0.504 e. The highest BCUT2D eigenvalue weighted by Gasteiger charge is 2.12. The number of halogens is 2. The summed E-state index contributed by atoms with van der Waals surface area (Å²) in [5.41, 5.74) is 0.405. The Balaban J connectivity index is 2.36. The molecule has 2 aromatic carbocycles. The van der Waals surface area contributed by atoms with Crippen molar-refractivity contribution in [1.29, 1.82) is 0 Å². The minimum atomic E-state index is -4.38. The summed E-state index contributed by atoms with van der Waals surface area (Å²) in [6.07, 6.45) is 0. The molecule has 0 saturated carbocycles. The van der Waals surface area contributed by atoms with Crippen LogP contribution in [0, 0.1) is 0 Å². The fourth-order valence-corrected chi connectivity index (χ4v) is 2.77. The second kappa shape index (κ2) is 7.36. The summed E-state index contributed by atoms with van der Waals surface area (Å²) >= 11 is 11.8. The van der Waals surface area contributed by atoms with Gasteiger partial charge in [0.2, 0.25) is 5.91 Å². The van der Waals surface area contributed by atoms with Crippen molar-refractivity contribution in [2.75, 3.05) is 5.32 Å². The number of benzene rings is 2. The molecule has 0 fully saturated rings. The molecule has 1 amide bonds. The zero-order chi connectivity index (χ0) is 18.8. The SMILES string of the molecule is CC(=O)Nc1cc(N=Nc2ccc(S(=O)(=O)O)cc2Cl)cc(Cl)c1O. The molecule has 0 aromatic heterocycles. The highest BCUT2D eigenvalue weighted by atomic mass is 35.5. The topological polar surface area (TPSA) is 128 Å². The lowest BCUT2D eigenvalue weighted by molar-refractivity contribution is -0.114. The zero-order valence-electron chi connectivity index (χ0n) is 12.6. The van der Waals surface area contributed by atoms with Crippen LogP contribution in [0.15, 0.2) is 45.5 Å². The maximum Gasteiger partial charge on any atom is 0.294 e. The lowest BCUT2D eigenvalue weighted by Crippen LogP contribution is -2.05. The van der Waals surface area contributed by atoms with E-state index in [0.717, 1.165) is 12.1 Å². The van der Waals surface area contributed by atoms with Crippen molar-refractivity contribution in [3.05, 3.63) is 40.4 Å². The van der Waals surface area contributed by atoms with E-state index in [-0.39, 0.29) is 37.8 Å². The Morgan fingerprint density at radius 1 is 1.12 bits per heavy atom. The van der Waals surface area contributed by atoms with E-state index >= 15 is 0 Å². The zero-order valence-corrected chi connectivity index (χ0v) is 14.9. The van der Waals surface area contributed by atoms with Crippen molar-refractivity contribution in [2.24, 2.45) is 10.2 Å². The number of phenolic OH excluding ortho intramolecular Hbond substituents is 1. The molecular formula is C14H11Cl2N3O5S. The third-order valence-corrected chi connectivity index (χ3v) is 4.29. The number of amides is 1. The molecule has 11 heteroatoms. The van der Waals surface area contributed by atoms with Crippen molar-refractivity contribution in [2.45, 2.75) is 11.8 Å². The van der Waals surface area contributed by atoms with E-state index in [0.29, 0.717) is 0 Å². The number of aromatic hydroxyl groups is 1. The maximum atomic E-state index is 11.1. The fourth-order valence-electron chi connectivity index (χ4n) is 1.77. The number of carbonyl (C=O) groups excluding carboxylic acids is 1. The van der Waals surface area contributed by atoms with Gasteiger partial charge in [0.15, 0.2) is 5.75 Å². The van der Waals surface area contributed by atoms with Gasteiger partial charge in [-0.25, -0.2) is 0 Å². The molecule has 0 aliphatic rings. The van der Waals surface area contributed by atoms with Crippen LogP contribution in [0.3, 0.4) is 0 Å². The van der Waals surface area contributed by atoms with Gasteiger partial charge in [0.05, 0.1) is 26.3 Å².